The maximum Gasteiger partial charge on any atom is 0.259 e. The van der Waals surface area contributed by atoms with Gasteiger partial charge in [0.2, 0.25) is 0 Å². The first-order valence-corrected chi connectivity index (χ1v) is 11.5. The standard InChI is InChI=1S/C26H21IN2O3/c1-32-24-9-5-4-8-23(24)29-26(31)21-14-18-6-2-3-7-20(18)22(25(21)30)16-28-19-12-10-17(15-27)11-13-19/h2-14,16,30H,15H2,1H3,(H,29,31). The van der Waals surface area contributed by atoms with E-state index >= 15 is 0 Å². The van der Waals surface area contributed by atoms with Gasteiger partial charge < -0.3 is 15.2 Å². The van der Waals surface area contributed by atoms with E-state index < -0.39 is 5.91 Å². The molecule has 0 aliphatic heterocycles. The second-order valence-electron chi connectivity index (χ2n) is 7.12. The van der Waals surface area contributed by atoms with E-state index in [1.807, 2.05) is 54.6 Å². The van der Waals surface area contributed by atoms with Gasteiger partial charge >= 0.3 is 0 Å². The molecule has 0 aliphatic rings. The third-order valence-corrected chi connectivity index (χ3v) is 5.98. The van der Waals surface area contributed by atoms with Crippen LogP contribution in [0.2, 0.25) is 0 Å². The summed E-state index contributed by atoms with van der Waals surface area (Å²) in [6, 6.07) is 24.3. The third-order valence-electron chi connectivity index (χ3n) is 5.09. The first-order chi connectivity index (χ1) is 15.6. The lowest BCUT2D eigenvalue weighted by Crippen LogP contribution is -2.13. The number of fused-ring (bicyclic) bond motifs is 1. The van der Waals surface area contributed by atoms with Crippen molar-refractivity contribution in [2.75, 3.05) is 12.4 Å². The predicted octanol–water partition coefficient (Wildman–Crippen LogP) is 6.49. The molecule has 5 nitrogen and oxygen atoms in total. The minimum absolute atomic E-state index is 0.122. The number of carbonyl (C=O) groups is 1. The Bertz CT molecular complexity index is 1300. The second-order valence-corrected chi connectivity index (χ2v) is 7.88. The van der Waals surface area contributed by atoms with Crippen molar-refractivity contribution in [3.63, 3.8) is 0 Å². The van der Waals surface area contributed by atoms with Crippen LogP contribution in [0.15, 0.2) is 83.9 Å². The van der Waals surface area contributed by atoms with Gasteiger partial charge in [-0.25, -0.2) is 0 Å². The zero-order valence-electron chi connectivity index (χ0n) is 17.4. The number of aliphatic imine (C=N–C) groups is 1. The minimum atomic E-state index is -0.432. The molecule has 0 radical (unpaired) electrons. The highest BCUT2D eigenvalue weighted by molar-refractivity contribution is 14.1. The fourth-order valence-corrected chi connectivity index (χ4v) is 3.92. The number of halogens is 1. The highest BCUT2D eigenvalue weighted by Gasteiger charge is 2.18. The van der Waals surface area contributed by atoms with E-state index in [0.717, 1.165) is 20.9 Å². The van der Waals surface area contributed by atoms with Crippen LogP contribution in [0.1, 0.15) is 21.5 Å². The first-order valence-electron chi connectivity index (χ1n) is 9.98. The Labute approximate surface area is 199 Å². The van der Waals surface area contributed by atoms with Crippen LogP contribution in [0.25, 0.3) is 10.8 Å². The number of para-hydroxylation sites is 2. The molecular formula is C26H21IN2O3. The summed E-state index contributed by atoms with van der Waals surface area (Å²) in [6.07, 6.45) is 1.61. The number of rotatable bonds is 6. The number of benzene rings is 4. The van der Waals surface area contributed by atoms with E-state index in [-0.39, 0.29) is 11.3 Å². The Kier molecular flexibility index (Phi) is 6.70. The first kappa shape index (κ1) is 21.8. The monoisotopic (exact) mass is 536 g/mol. The van der Waals surface area contributed by atoms with Crippen molar-refractivity contribution in [3.8, 4) is 11.5 Å². The Morgan fingerprint density at radius 1 is 1.06 bits per heavy atom. The smallest absolute Gasteiger partial charge is 0.259 e. The van der Waals surface area contributed by atoms with Crippen molar-refractivity contribution in [3.05, 3.63) is 95.6 Å². The number of methoxy groups -OCH3 is 1. The van der Waals surface area contributed by atoms with Crippen molar-refractivity contribution < 1.29 is 14.6 Å². The number of hydrogen-bond acceptors (Lipinski definition) is 4. The predicted molar refractivity (Wildman–Crippen MR) is 138 cm³/mol. The van der Waals surface area contributed by atoms with Gasteiger partial charge in [-0.2, -0.15) is 0 Å². The third kappa shape index (κ3) is 4.60. The largest absolute Gasteiger partial charge is 0.506 e. The summed E-state index contributed by atoms with van der Waals surface area (Å²) in [7, 11) is 1.54. The number of nitrogens with one attached hydrogen (secondary N) is 1. The number of hydrogen-bond donors (Lipinski definition) is 2. The normalized spacial score (nSPS) is 11.1. The van der Waals surface area contributed by atoms with E-state index in [0.29, 0.717) is 17.0 Å². The molecule has 6 heteroatoms. The van der Waals surface area contributed by atoms with Gasteiger partial charge in [0.05, 0.1) is 24.0 Å². The average molecular weight is 536 g/mol. The van der Waals surface area contributed by atoms with Crippen molar-refractivity contribution in [2.24, 2.45) is 4.99 Å². The van der Waals surface area contributed by atoms with Gasteiger partial charge in [0, 0.05) is 16.2 Å². The molecule has 1 amide bonds. The summed E-state index contributed by atoms with van der Waals surface area (Å²) < 4.78 is 6.24. The lowest BCUT2D eigenvalue weighted by atomic mass is 9.99. The fourth-order valence-electron chi connectivity index (χ4n) is 3.42. The maximum absolute atomic E-state index is 13.1. The molecule has 4 rings (SSSR count). The van der Waals surface area contributed by atoms with E-state index in [1.54, 1.807) is 37.6 Å². The molecule has 0 aliphatic carbocycles. The molecular weight excluding hydrogens is 515 g/mol. The zero-order valence-corrected chi connectivity index (χ0v) is 19.5. The number of ether oxygens (including phenoxy) is 1. The van der Waals surface area contributed by atoms with Crippen LogP contribution in [-0.2, 0) is 4.43 Å². The summed E-state index contributed by atoms with van der Waals surface area (Å²) in [4.78, 5) is 17.6. The zero-order chi connectivity index (χ0) is 22.5. The second kappa shape index (κ2) is 9.82. The van der Waals surface area contributed by atoms with Crippen molar-refractivity contribution in [2.45, 2.75) is 4.43 Å². The van der Waals surface area contributed by atoms with Crippen LogP contribution in [0, 0.1) is 0 Å². The molecule has 0 saturated carbocycles. The number of aromatic hydroxyl groups is 1. The molecule has 0 heterocycles. The highest BCUT2D eigenvalue weighted by atomic mass is 127. The molecule has 0 fully saturated rings. The molecule has 160 valence electrons. The summed E-state index contributed by atoms with van der Waals surface area (Å²) in [5.41, 5.74) is 3.17. The number of anilines is 1. The SMILES string of the molecule is COc1ccccc1NC(=O)c1cc2ccccc2c(C=Nc2ccc(CI)cc2)c1O. The Morgan fingerprint density at radius 2 is 1.78 bits per heavy atom. The molecule has 0 unspecified atom stereocenters. The summed E-state index contributed by atoms with van der Waals surface area (Å²) in [5, 5.41) is 15.5. The van der Waals surface area contributed by atoms with Crippen LogP contribution >= 0.6 is 22.6 Å². The summed E-state index contributed by atoms with van der Waals surface area (Å²) in [5.74, 6) is -0.0135. The fraction of sp³-hybridized carbons (Fsp3) is 0.0769. The van der Waals surface area contributed by atoms with Crippen LogP contribution in [0.5, 0.6) is 11.5 Å². The summed E-state index contributed by atoms with van der Waals surface area (Å²) >= 11 is 2.31. The number of carbonyl (C=O) groups excluding carboxylic acids is 1. The van der Waals surface area contributed by atoms with Gasteiger partial charge in [0.15, 0.2) is 0 Å². The highest BCUT2D eigenvalue weighted by Crippen LogP contribution is 2.32. The molecule has 4 aromatic rings. The van der Waals surface area contributed by atoms with Crippen LogP contribution in [-0.4, -0.2) is 24.3 Å². The van der Waals surface area contributed by atoms with E-state index in [9.17, 15) is 9.90 Å². The Balaban J connectivity index is 1.75. The van der Waals surface area contributed by atoms with Crippen molar-refractivity contribution in [1.82, 2.24) is 0 Å². The van der Waals surface area contributed by atoms with Gasteiger partial charge in [0.1, 0.15) is 11.5 Å². The van der Waals surface area contributed by atoms with E-state index in [2.05, 4.69) is 32.9 Å². The Hall–Kier alpha value is -3.39. The number of phenols is 1. The number of alkyl halides is 1. The Morgan fingerprint density at radius 3 is 2.53 bits per heavy atom. The van der Waals surface area contributed by atoms with Crippen molar-refractivity contribution >= 4 is 56.9 Å². The van der Waals surface area contributed by atoms with E-state index in [4.69, 9.17) is 4.74 Å². The molecule has 2 N–H and O–H groups in total. The topological polar surface area (TPSA) is 70.9 Å². The number of nitrogens with zero attached hydrogens (tertiary/aromatic N) is 1. The molecule has 0 aromatic heterocycles. The van der Waals surface area contributed by atoms with Gasteiger partial charge in [-0.15, -0.1) is 0 Å². The number of amides is 1. The lowest BCUT2D eigenvalue weighted by Gasteiger charge is -2.13. The van der Waals surface area contributed by atoms with E-state index in [1.165, 1.54) is 5.56 Å². The average Bonchev–Trinajstić information content (AvgIpc) is 2.83. The molecule has 32 heavy (non-hydrogen) atoms. The van der Waals surface area contributed by atoms with Crippen LogP contribution in [0.4, 0.5) is 11.4 Å². The molecule has 4 aromatic carbocycles. The van der Waals surface area contributed by atoms with Gasteiger partial charge in [-0.1, -0.05) is 71.1 Å². The molecule has 0 spiro atoms. The minimum Gasteiger partial charge on any atom is -0.506 e. The number of phenolic OH excluding ortho intramolecular Hbond substituents is 1. The summed E-state index contributed by atoms with van der Waals surface area (Å²) in [6.45, 7) is 0. The van der Waals surface area contributed by atoms with Gasteiger partial charge in [0.25, 0.3) is 5.91 Å². The van der Waals surface area contributed by atoms with Gasteiger partial charge in [-0.3, -0.25) is 9.79 Å². The van der Waals surface area contributed by atoms with Gasteiger partial charge in [-0.05, 0) is 46.7 Å². The van der Waals surface area contributed by atoms with Crippen molar-refractivity contribution in [1.29, 1.82) is 0 Å². The van der Waals surface area contributed by atoms with Crippen LogP contribution < -0.4 is 10.1 Å². The molecule has 0 saturated heterocycles. The molecule has 0 bridgehead atoms. The quantitative estimate of drug-likeness (QED) is 0.168. The van der Waals surface area contributed by atoms with Crippen LogP contribution in [0.3, 0.4) is 0 Å². The molecule has 0 atom stereocenters. The maximum atomic E-state index is 13.1. The lowest BCUT2D eigenvalue weighted by molar-refractivity contribution is 0.102.